The number of hydrogen-bond acceptors (Lipinski definition) is 5. The fourth-order valence-corrected chi connectivity index (χ4v) is 13.4. The minimum Gasteiger partial charge on any atom is -0.379 e. The van der Waals surface area contributed by atoms with Crippen LogP contribution >= 0.6 is 0 Å². The van der Waals surface area contributed by atoms with Crippen LogP contribution < -0.4 is 0 Å². The van der Waals surface area contributed by atoms with Crippen LogP contribution in [0, 0.1) is 46.3 Å². The maximum atomic E-state index is 6.52. The Kier molecular flexibility index (Phi) is 24.3. The van der Waals surface area contributed by atoms with E-state index in [1.807, 2.05) is 0 Å². The molecule has 0 N–H and O–H groups in total. The third kappa shape index (κ3) is 16.7. The highest BCUT2D eigenvalue weighted by atomic mass is 16.6. The lowest BCUT2D eigenvalue weighted by Crippen LogP contribution is -2.51. The van der Waals surface area contributed by atoms with Crippen molar-refractivity contribution >= 4 is 0 Å². The summed E-state index contributed by atoms with van der Waals surface area (Å²) < 4.78 is 25.2. The van der Waals surface area contributed by atoms with Crippen molar-refractivity contribution in [3.05, 3.63) is 36.0 Å². The van der Waals surface area contributed by atoms with Crippen LogP contribution in [0.3, 0.4) is 0 Å². The largest absolute Gasteiger partial charge is 0.379 e. The first-order chi connectivity index (χ1) is 30.2. The molecule has 62 heavy (non-hydrogen) atoms. The van der Waals surface area contributed by atoms with Gasteiger partial charge in [-0.05, 0) is 162 Å². The van der Waals surface area contributed by atoms with Gasteiger partial charge in [-0.3, -0.25) is 0 Å². The van der Waals surface area contributed by atoms with Crippen LogP contribution in [-0.4, -0.2) is 76.4 Å². The molecule has 0 amide bonds. The van der Waals surface area contributed by atoms with Gasteiger partial charge in [0.2, 0.25) is 0 Å². The van der Waals surface area contributed by atoms with E-state index in [1.54, 1.807) is 5.57 Å². The topological polar surface area (TPSA) is 40.2 Å². The minimum absolute atomic E-state index is 0.119. The highest BCUT2D eigenvalue weighted by Crippen LogP contribution is 2.67. The van der Waals surface area contributed by atoms with Gasteiger partial charge in [-0.15, -0.1) is 0 Å². The van der Waals surface area contributed by atoms with Crippen molar-refractivity contribution in [3.63, 3.8) is 0 Å². The standard InChI is InChI=1S/C57H101NO4/c1-7-8-9-10-11-12-13-14-15-16-17-18-19-20-21-25-39-60-46-51(45-58-37-23-22-24-38-58)62-43-41-59-40-42-61-50-33-35-56(5)49(44-50)29-30-52-54-32-31-53(48(4)28-26-27-47(2)3)57(54,6)36-34-55(52)56/h11-12,14-15,29,47-48,50-55H,7-10,13,16-28,30-46H2,1-6H3/t48-,50+,51?,52?,53-,54?,55?,56+,57-/m1/s1. The Hall–Kier alpha value is -0.980. The number of unbranched alkanes of at least 4 members (excludes halogenated alkanes) is 9. The van der Waals surface area contributed by atoms with E-state index in [4.69, 9.17) is 18.9 Å². The van der Waals surface area contributed by atoms with E-state index in [0.29, 0.717) is 50.0 Å². The second kappa shape index (κ2) is 28.9. The number of ether oxygens (including phenoxy) is 4. The Morgan fingerprint density at radius 2 is 1.45 bits per heavy atom. The van der Waals surface area contributed by atoms with Crippen molar-refractivity contribution in [3.8, 4) is 0 Å². The summed E-state index contributed by atoms with van der Waals surface area (Å²) in [6.07, 6.45) is 46.9. The molecule has 358 valence electrons. The molecular weight excluding hydrogens is 763 g/mol. The molecule has 0 radical (unpaired) electrons. The van der Waals surface area contributed by atoms with Gasteiger partial charge in [0.05, 0.1) is 45.2 Å². The Labute approximate surface area is 384 Å². The zero-order valence-corrected chi connectivity index (χ0v) is 41.8. The first kappa shape index (κ1) is 52.0. The third-order valence-electron chi connectivity index (χ3n) is 17.1. The third-order valence-corrected chi connectivity index (χ3v) is 17.1. The predicted octanol–water partition coefficient (Wildman–Crippen LogP) is 15.1. The highest BCUT2D eigenvalue weighted by molar-refractivity contribution is 5.25. The molecule has 4 fully saturated rings. The van der Waals surface area contributed by atoms with Crippen molar-refractivity contribution < 1.29 is 18.9 Å². The minimum atomic E-state index is 0.119. The lowest BCUT2D eigenvalue weighted by molar-refractivity contribution is -0.0737. The fraction of sp³-hybridized carbons (Fsp3) is 0.895. The fourth-order valence-electron chi connectivity index (χ4n) is 13.4. The summed E-state index contributed by atoms with van der Waals surface area (Å²) in [5, 5.41) is 0. The van der Waals surface area contributed by atoms with Crippen LogP contribution in [0.1, 0.15) is 208 Å². The molecule has 0 spiro atoms. The van der Waals surface area contributed by atoms with E-state index < -0.39 is 0 Å². The second-order valence-corrected chi connectivity index (χ2v) is 22.2. The number of likely N-dealkylation sites (tertiary alicyclic amines) is 1. The number of nitrogens with zero attached hydrogens (tertiary/aromatic N) is 1. The van der Waals surface area contributed by atoms with Crippen LogP contribution in [0.25, 0.3) is 0 Å². The molecule has 5 aliphatic rings. The number of piperidine rings is 1. The Morgan fingerprint density at radius 1 is 0.710 bits per heavy atom. The predicted molar refractivity (Wildman–Crippen MR) is 264 cm³/mol. The van der Waals surface area contributed by atoms with Gasteiger partial charge in [0.1, 0.15) is 0 Å². The number of rotatable bonds is 32. The smallest absolute Gasteiger partial charge is 0.0936 e. The maximum Gasteiger partial charge on any atom is 0.0936 e. The van der Waals surface area contributed by atoms with Crippen molar-refractivity contribution in [2.24, 2.45) is 46.3 Å². The molecule has 0 aromatic rings. The second-order valence-electron chi connectivity index (χ2n) is 22.2. The van der Waals surface area contributed by atoms with Gasteiger partial charge < -0.3 is 23.8 Å². The highest BCUT2D eigenvalue weighted by Gasteiger charge is 2.59. The van der Waals surface area contributed by atoms with Gasteiger partial charge in [-0.25, -0.2) is 0 Å². The van der Waals surface area contributed by atoms with Gasteiger partial charge in [-0.1, -0.05) is 142 Å². The van der Waals surface area contributed by atoms with E-state index in [1.165, 1.54) is 161 Å². The summed E-state index contributed by atoms with van der Waals surface area (Å²) in [5.74, 6) is 5.37. The molecule has 4 unspecified atom stereocenters. The van der Waals surface area contributed by atoms with Crippen molar-refractivity contribution in [1.29, 1.82) is 0 Å². The van der Waals surface area contributed by atoms with E-state index >= 15 is 0 Å². The molecule has 1 aliphatic heterocycles. The summed E-state index contributed by atoms with van der Waals surface area (Å²) in [7, 11) is 0. The first-order valence-corrected chi connectivity index (χ1v) is 27.3. The summed E-state index contributed by atoms with van der Waals surface area (Å²) in [4.78, 5) is 2.58. The van der Waals surface area contributed by atoms with Gasteiger partial charge in [0.15, 0.2) is 0 Å². The van der Waals surface area contributed by atoms with Crippen LogP contribution in [0.5, 0.6) is 0 Å². The summed E-state index contributed by atoms with van der Waals surface area (Å²) >= 11 is 0. The summed E-state index contributed by atoms with van der Waals surface area (Å²) in [6, 6.07) is 0. The number of allylic oxidation sites excluding steroid dienone is 5. The molecule has 4 aliphatic carbocycles. The van der Waals surface area contributed by atoms with Crippen LogP contribution in [0.2, 0.25) is 0 Å². The molecule has 5 heteroatoms. The SMILES string of the molecule is CCCCCC=CCC=CCCCCCCCCOCC(CN1CCCCC1)OCCOCCO[C@H]1CC[C@@]2(C)C(=CCC3C2CC[C@@]2(C)C3CC[C@@H]2[C@H](C)CCCC(C)C)C1. The van der Waals surface area contributed by atoms with Gasteiger partial charge in [-0.2, -0.15) is 0 Å². The lowest BCUT2D eigenvalue weighted by Gasteiger charge is -2.58. The Morgan fingerprint density at radius 3 is 2.23 bits per heavy atom. The zero-order chi connectivity index (χ0) is 43.9. The molecule has 0 bridgehead atoms. The van der Waals surface area contributed by atoms with E-state index in [0.717, 1.165) is 67.9 Å². The summed E-state index contributed by atoms with van der Waals surface area (Å²) in [6.45, 7) is 22.5. The van der Waals surface area contributed by atoms with Gasteiger partial charge in [0, 0.05) is 13.2 Å². The van der Waals surface area contributed by atoms with Crippen molar-refractivity contribution in [2.45, 2.75) is 221 Å². The van der Waals surface area contributed by atoms with Crippen LogP contribution in [0.4, 0.5) is 0 Å². The van der Waals surface area contributed by atoms with Crippen molar-refractivity contribution in [2.75, 3.05) is 59.3 Å². The monoisotopic (exact) mass is 864 g/mol. The number of hydrogen-bond donors (Lipinski definition) is 0. The van der Waals surface area contributed by atoms with E-state index in [-0.39, 0.29) is 6.10 Å². The molecule has 3 saturated carbocycles. The number of fused-ring (bicyclic) bond motifs is 5. The lowest BCUT2D eigenvalue weighted by atomic mass is 9.47. The van der Waals surface area contributed by atoms with E-state index in [2.05, 4.69) is 76.8 Å². The Bertz CT molecular complexity index is 1270. The molecule has 5 rings (SSSR count). The first-order valence-electron chi connectivity index (χ1n) is 27.3. The van der Waals surface area contributed by atoms with Crippen LogP contribution in [-0.2, 0) is 18.9 Å². The molecule has 9 atom stereocenters. The average molecular weight is 864 g/mol. The molecule has 1 saturated heterocycles. The average Bonchev–Trinajstić information content (AvgIpc) is 3.63. The van der Waals surface area contributed by atoms with Gasteiger partial charge in [0.25, 0.3) is 0 Å². The van der Waals surface area contributed by atoms with Gasteiger partial charge >= 0.3 is 0 Å². The normalized spacial score (nSPS) is 30.2. The molecular formula is C57H101NO4. The summed E-state index contributed by atoms with van der Waals surface area (Å²) in [5.41, 5.74) is 2.68. The molecule has 1 heterocycles. The molecule has 0 aromatic carbocycles. The Balaban J connectivity index is 0.912. The quantitative estimate of drug-likeness (QED) is 0.0498. The van der Waals surface area contributed by atoms with Crippen molar-refractivity contribution in [1.82, 2.24) is 4.90 Å². The molecule has 5 nitrogen and oxygen atoms in total. The van der Waals surface area contributed by atoms with E-state index in [9.17, 15) is 0 Å². The molecule has 0 aromatic heterocycles. The maximum absolute atomic E-state index is 6.52. The zero-order valence-electron chi connectivity index (χ0n) is 41.8. The van der Waals surface area contributed by atoms with Crippen LogP contribution in [0.15, 0.2) is 36.0 Å².